The summed E-state index contributed by atoms with van der Waals surface area (Å²) in [5.41, 5.74) is 0.555. The van der Waals surface area contributed by atoms with Crippen LogP contribution in [-0.4, -0.2) is 29.2 Å². The molecule has 0 aliphatic heterocycles. The Bertz CT molecular complexity index is 484. The van der Waals surface area contributed by atoms with Crippen LogP contribution < -0.4 is 5.32 Å². The molecule has 110 valence electrons. The lowest BCUT2D eigenvalue weighted by Gasteiger charge is -2.15. The Labute approximate surface area is 111 Å². The SMILES string of the molecule is O=C(O)C(CCc1ccc(F)cc1)NC(=O)C(F)(F)F. The van der Waals surface area contributed by atoms with Crippen molar-refractivity contribution in [2.24, 2.45) is 0 Å². The van der Waals surface area contributed by atoms with Crippen molar-refractivity contribution in [2.75, 3.05) is 0 Å². The molecule has 0 saturated heterocycles. The first-order chi connectivity index (χ1) is 9.20. The van der Waals surface area contributed by atoms with Crippen molar-refractivity contribution in [3.8, 4) is 0 Å². The molecule has 1 amide bonds. The van der Waals surface area contributed by atoms with Crippen LogP contribution in [-0.2, 0) is 16.0 Å². The lowest BCUT2D eigenvalue weighted by Crippen LogP contribution is -2.47. The third kappa shape index (κ3) is 4.87. The van der Waals surface area contributed by atoms with E-state index >= 15 is 0 Å². The van der Waals surface area contributed by atoms with E-state index in [1.54, 1.807) is 0 Å². The fraction of sp³-hybridized carbons (Fsp3) is 0.333. The number of amides is 1. The van der Waals surface area contributed by atoms with Gasteiger partial charge in [0.15, 0.2) is 0 Å². The summed E-state index contributed by atoms with van der Waals surface area (Å²) in [6.45, 7) is 0. The molecular weight excluding hydrogens is 282 g/mol. The van der Waals surface area contributed by atoms with Crippen LogP contribution in [0.3, 0.4) is 0 Å². The molecule has 2 N–H and O–H groups in total. The Morgan fingerprint density at radius 1 is 1.20 bits per heavy atom. The highest BCUT2D eigenvalue weighted by Gasteiger charge is 2.40. The molecule has 20 heavy (non-hydrogen) atoms. The molecule has 0 aliphatic rings. The van der Waals surface area contributed by atoms with Gasteiger partial charge in [-0.1, -0.05) is 12.1 Å². The zero-order valence-corrected chi connectivity index (χ0v) is 10.1. The van der Waals surface area contributed by atoms with Crippen molar-refractivity contribution >= 4 is 11.9 Å². The van der Waals surface area contributed by atoms with E-state index in [2.05, 4.69) is 0 Å². The summed E-state index contributed by atoms with van der Waals surface area (Å²) in [6.07, 6.45) is -5.28. The number of rotatable bonds is 5. The third-order valence-electron chi connectivity index (χ3n) is 2.50. The van der Waals surface area contributed by atoms with E-state index in [0.29, 0.717) is 5.56 Å². The van der Waals surface area contributed by atoms with Gasteiger partial charge in [0.1, 0.15) is 11.9 Å². The molecule has 0 saturated carbocycles. The second-order valence-electron chi connectivity index (χ2n) is 4.03. The highest BCUT2D eigenvalue weighted by Crippen LogP contribution is 2.15. The Kier molecular flexibility index (Phi) is 5.06. The van der Waals surface area contributed by atoms with Gasteiger partial charge >= 0.3 is 18.1 Å². The molecule has 1 unspecified atom stereocenters. The first kappa shape index (κ1) is 15.9. The zero-order valence-electron chi connectivity index (χ0n) is 10.1. The second-order valence-corrected chi connectivity index (χ2v) is 4.03. The third-order valence-corrected chi connectivity index (χ3v) is 2.50. The molecule has 1 rings (SSSR count). The summed E-state index contributed by atoms with van der Waals surface area (Å²) < 4.78 is 48.7. The van der Waals surface area contributed by atoms with E-state index in [1.165, 1.54) is 17.4 Å². The number of benzene rings is 1. The zero-order chi connectivity index (χ0) is 15.3. The Morgan fingerprint density at radius 2 is 1.75 bits per heavy atom. The molecule has 0 aliphatic carbocycles. The van der Waals surface area contributed by atoms with Crippen molar-refractivity contribution in [2.45, 2.75) is 25.1 Å². The van der Waals surface area contributed by atoms with Gasteiger partial charge in [0.05, 0.1) is 0 Å². The van der Waals surface area contributed by atoms with E-state index in [0.717, 1.165) is 12.1 Å². The van der Waals surface area contributed by atoms with Gasteiger partial charge in [-0.15, -0.1) is 0 Å². The number of nitrogens with one attached hydrogen (secondary N) is 1. The van der Waals surface area contributed by atoms with Crippen molar-refractivity contribution < 1.29 is 32.3 Å². The van der Waals surface area contributed by atoms with Crippen LogP contribution in [0.4, 0.5) is 17.6 Å². The highest BCUT2D eigenvalue weighted by molar-refractivity contribution is 5.86. The minimum absolute atomic E-state index is 0.0926. The highest BCUT2D eigenvalue weighted by atomic mass is 19.4. The van der Waals surface area contributed by atoms with Crippen LogP contribution in [0.2, 0.25) is 0 Å². The first-order valence-electron chi connectivity index (χ1n) is 5.55. The van der Waals surface area contributed by atoms with Gasteiger partial charge in [0.2, 0.25) is 0 Å². The molecule has 4 nitrogen and oxygen atoms in total. The van der Waals surface area contributed by atoms with E-state index in [-0.39, 0.29) is 12.8 Å². The van der Waals surface area contributed by atoms with Gasteiger partial charge < -0.3 is 10.4 Å². The maximum absolute atomic E-state index is 12.6. The standard InChI is InChI=1S/C12H11F4NO3/c13-8-4-1-7(2-5-8)3-6-9(10(18)19)17-11(20)12(14,15)16/h1-2,4-5,9H,3,6H2,(H,17,20)(H,18,19). The van der Waals surface area contributed by atoms with E-state index in [1.807, 2.05) is 0 Å². The lowest BCUT2D eigenvalue weighted by molar-refractivity contribution is -0.175. The summed E-state index contributed by atoms with van der Waals surface area (Å²) >= 11 is 0. The number of halogens is 4. The lowest BCUT2D eigenvalue weighted by atomic mass is 10.1. The predicted molar refractivity (Wildman–Crippen MR) is 60.3 cm³/mol. The fourth-order valence-electron chi connectivity index (χ4n) is 1.46. The van der Waals surface area contributed by atoms with Crippen LogP contribution in [0.1, 0.15) is 12.0 Å². The monoisotopic (exact) mass is 293 g/mol. The average Bonchev–Trinajstić information content (AvgIpc) is 2.34. The number of carboxylic acids is 1. The largest absolute Gasteiger partial charge is 0.480 e. The van der Waals surface area contributed by atoms with Gasteiger partial charge in [-0.3, -0.25) is 4.79 Å². The van der Waals surface area contributed by atoms with Crippen molar-refractivity contribution in [1.82, 2.24) is 5.32 Å². The van der Waals surface area contributed by atoms with Crippen molar-refractivity contribution in [3.05, 3.63) is 35.6 Å². The number of hydrogen-bond donors (Lipinski definition) is 2. The second kappa shape index (κ2) is 6.36. The molecule has 0 bridgehead atoms. The maximum atomic E-state index is 12.6. The van der Waals surface area contributed by atoms with Gasteiger partial charge in [-0.2, -0.15) is 13.2 Å². The number of hydrogen-bond acceptors (Lipinski definition) is 2. The molecule has 8 heteroatoms. The topological polar surface area (TPSA) is 66.4 Å². The molecular formula is C12H11F4NO3. The van der Waals surface area contributed by atoms with Crippen LogP contribution in [0.5, 0.6) is 0 Å². The molecule has 0 fully saturated rings. The average molecular weight is 293 g/mol. The minimum atomic E-state index is -5.14. The molecule has 1 atom stereocenters. The van der Waals surface area contributed by atoms with Gasteiger partial charge in [-0.25, -0.2) is 9.18 Å². The number of alkyl halides is 3. The first-order valence-corrected chi connectivity index (χ1v) is 5.55. The van der Waals surface area contributed by atoms with Crippen LogP contribution in [0.25, 0.3) is 0 Å². The smallest absolute Gasteiger partial charge is 0.471 e. The summed E-state index contributed by atoms with van der Waals surface area (Å²) in [6, 6.07) is 3.42. The van der Waals surface area contributed by atoms with E-state index in [4.69, 9.17) is 5.11 Å². The minimum Gasteiger partial charge on any atom is -0.480 e. The summed E-state index contributed by atoms with van der Waals surface area (Å²) in [7, 11) is 0. The van der Waals surface area contributed by atoms with Gasteiger partial charge in [0.25, 0.3) is 0 Å². The number of aliphatic carboxylic acids is 1. The van der Waals surface area contributed by atoms with E-state index < -0.39 is 29.9 Å². The van der Waals surface area contributed by atoms with Crippen LogP contribution >= 0.6 is 0 Å². The Morgan fingerprint density at radius 3 is 2.20 bits per heavy atom. The molecule has 0 heterocycles. The molecule has 1 aromatic rings. The van der Waals surface area contributed by atoms with Crippen molar-refractivity contribution in [1.29, 1.82) is 0 Å². The summed E-state index contributed by atoms with van der Waals surface area (Å²) in [5.74, 6) is -4.34. The van der Waals surface area contributed by atoms with E-state index in [9.17, 15) is 27.2 Å². The summed E-state index contributed by atoms with van der Waals surface area (Å²) in [5, 5.41) is 10.2. The molecule has 0 aromatic heterocycles. The fourth-order valence-corrected chi connectivity index (χ4v) is 1.46. The van der Waals surface area contributed by atoms with Gasteiger partial charge in [-0.05, 0) is 30.5 Å². The van der Waals surface area contributed by atoms with Crippen LogP contribution in [0.15, 0.2) is 24.3 Å². The number of carboxylic acid groups (broad SMARTS) is 1. The number of aryl methyl sites for hydroxylation is 1. The van der Waals surface area contributed by atoms with Crippen LogP contribution in [0, 0.1) is 5.82 Å². The Hall–Kier alpha value is -2.12. The maximum Gasteiger partial charge on any atom is 0.471 e. The number of carbonyl (C=O) groups is 2. The predicted octanol–water partition coefficient (Wildman–Crippen LogP) is 1.89. The van der Waals surface area contributed by atoms with Gasteiger partial charge in [0, 0.05) is 0 Å². The molecule has 0 spiro atoms. The Balaban J connectivity index is 2.62. The summed E-state index contributed by atoms with van der Waals surface area (Å²) in [4.78, 5) is 21.5. The number of carbonyl (C=O) groups excluding carboxylic acids is 1. The van der Waals surface area contributed by atoms with Crippen molar-refractivity contribution in [3.63, 3.8) is 0 Å². The normalized spacial score (nSPS) is 12.8. The quantitative estimate of drug-likeness (QED) is 0.815. The molecule has 1 aromatic carbocycles. The molecule has 0 radical (unpaired) electrons.